The van der Waals surface area contributed by atoms with E-state index in [0.29, 0.717) is 6.10 Å². The molecule has 1 N–H and O–H groups in total. The first-order valence-corrected chi connectivity index (χ1v) is 7.04. The first-order valence-electron chi connectivity index (χ1n) is 7.04. The van der Waals surface area contributed by atoms with Crippen molar-refractivity contribution in [3.8, 4) is 0 Å². The summed E-state index contributed by atoms with van der Waals surface area (Å²) < 4.78 is 11.8. The van der Waals surface area contributed by atoms with Gasteiger partial charge in [-0.3, -0.25) is 0 Å². The molecule has 0 saturated heterocycles. The van der Waals surface area contributed by atoms with Crippen molar-refractivity contribution in [3.63, 3.8) is 0 Å². The molecule has 1 fully saturated rings. The Bertz CT molecular complexity index is 261. The molecule has 2 atom stereocenters. The average molecular weight is 239 g/mol. The van der Waals surface area contributed by atoms with Gasteiger partial charge in [0.2, 0.25) is 0 Å². The highest BCUT2D eigenvalue weighted by molar-refractivity contribution is 5.11. The maximum absolute atomic E-state index is 5.95. The molecule has 98 valence electrons. The van der Waals surface area contributed by atoms with E-state index < -0.39 is 0 Å². The lowest BCUT2D eigenvalue weighted by molar-refractivity contribution is 0.00979. The van der Waals surface area contributed by atoms with Crippen molar-refractivity contribution >= 4 is 0 Å². The van der Waals surface area contributed by atoms with Crippen LogP contribution in [0.5, 0.6) is 0 Å². The molecule has 1 saturated carbocycles. The van der Waals surface area contributed by atoms with Crippen molar-refractivity contribution in [2.45, 2.75) is 51.7 Å². The van der Waals surface area contributed by atoms with E-state index in [1.165, 1.54) is 12.8 Å². The number of rotatable bonds is 7. The van der Waals surface area contributed by atoms with Crippen LogP contribution in [0.4, 0.5) is 0 Å². The van der Waals surface area contributed by atoms with Crippen molar-refractivity contribution < 1.29 is 9.47 Å². The Balaban J connectivity index is 2.04. The SMILES string of the molecule is CCNC(C1=CCCCO1)C(OCC)C1CC1. The van der Waals surface area contributed by atoms with Gasteiger partial charge in [-0.05, 0) is 51.1 Å². The maximum atomic E-state index is 5.95. The Morgan fingerprint density at radius 1 is 1.47 bits per heavy atom. The van der Waals surface area contributed by atoms with E-state index in [0.717, 1.165) is 44.3 Å². The molecule has 0 spiro atoms. The predicted molar refractivity (Wildman–Crippen MR) is 68.9 cm³/mol. The van der Waals surface area contributed by atoms with E-state index in [9.17, 15) is 0 Å². The molecule has 0 radical (unpaired) electrons. The largest absolute Gasteiger partial charge is 0.496 e. The van der Waals surface area contributed by atoms with Crippen LogP contribution in [0.2, 0.25) is 0 Å². The monoisotopic (exact) mass is 239 g/mol. The number of nitrogens with one attached hydrogen (secondary N) is 1. The topological polar surface area (TPSA) is 30.5 Å². The molecule has 1 aliphatic carbocycles. The summed E-state index contributed by atoms with van der Waals surface area (Å²) >= 11 is 0. The summed E-state index contributed by atoms with van der Waals surface area (Å²) in [6.45, 7) is 6.83. The maximum Gasteiger partial charge on any atom is 0.112 e. The lowest BCUT2D eigenvalue weighted by Gasteiger charge is -2.31. The van der Waals surface area contributed by atoms with Gasteiger partial charge in [0.05, 0.1) is 18.8 Å². The van der Waals surface area contributed by atoms with Crippen LogP contribution in [0.25, 0.3) is 0 Å². The number of likely N-dealkylation sites (N-methyl/N-ethyl adjacent to an activating group) is 1. The van der Waals surface area contributed by atoms with Crippen LogP contribution in [0.1, 0.15) is 39.5 Å². The van der Waals surface area contributed by atoms with Crippen LogP contribution < -0.4 is 5.32 Å². The summed E-state index contributed by atoms with van der Waals surface area (Å²) in [5.41, 5.74) is 0. The summed E-state index contributed by atoms with van der Waals surface area (Å²) in [6.07, 6.45) is 7.43. The highest BCUT2D eigenvalue weighted by Crippen LogP contribution is 2.37. The fourth-order valence-corrected chi connectivity index (χ4v) is 2.51. The van der Waals surface area contributed by atoms with Gasteiger partial charge in [0.15, 0.2) is 0 Å². The molecule has 3 heteroatoms. The van der Waals surface area contributed by atoms with Crippen LogP contribution >= 0.6 is 0 Å². The van der Waals surface area contributed by atoms with Crippen molar-refractivity contribution in [2.24, 2.45) is 5.92 Å². The number of ether oxygens (including phenoxy) is 2. The number of hydrogen-bond donors (Lipinski definition) is 1. The second-order valence-electron chi connectivity index (χ2n) is 4.89. The van der Waals surface area contributed by atoms with Crippen molar-refractivity contribution in [2.75, 3.05) is 19.8 Å². The van der Waals surface area contributed by atoms with Gasteiger partial charge in [-0.15, -0.1) is 0 Å². The lowest BCUT2D eigenvalue weighted by Crippen LogP contribution is -2.45. The molecule has 0 bridgehead atoms. The second kappa shape index (κ2) is 6.41. The summed E-state index contributed by atoms with van der Waals surface area (Å²) in [5.74, 6) is 1.84. The third-order valence-corrected chi connectivity index (χ3v) is 3.47. The Kier molecular flexibility index (Phi) is 4.86. The van der Waals surface area contributed by atoms with E-state index in [2.05, 4.69) is 25.2 Å². The van der Waals surface area contributed by atoms with Gasteiger partial charge >= 0.3 is 0 Å². The fraction of sp³-hybridized carbons (Fsp3) is 0.857. The molecule has 17 heavy (non-hydrogen) atoms. The highest BCUT2D eigenvalue weighted by Gasteiger charge is 2.39. The molecule has 3 nitrogen and oxygen atoms in total. The van der Waals surface area contributed by atoms with E-state index >= 15 is 0 Å². The van der Waals surface area contributed by atoms with E-state index in [4.69, 9.17) is 9.47 Å². The molecule has 1 aliphatic heterocycles. The smallest absolute Gasteiger partial charge is 0.112 e. The Labute approximate surface area is 105 Å². The van der Waals surface area contributed by atoms with Gasteiger partial charge in [-0.2, -0.15) is 0 Å². The van der Waals surface area contributed by atoms with Gasteiger partial charge in [0.25, 0.3) is 0 Å². The third-order valence-electron chi connectivity index (χ3n) is 3.47. The predicted octanol–water partition coefficient (Wildman–Crippen LogP) is 2.47. The summed E-state index contributed by atoms with van der Waals surface area (Å²) in [6, 6.07) is 0.257. The van der Waals surface area contributed by atoms with Gasteiger partial charge in [-0.25, -0.2) is 0 Å². The minimum atomic E-state index is 0.257. The van der Waals surface area contributed by atoms with Crippen molar-refractivity contribution in [1.82, 2.24) is 5.32 Å². The molecular weight excluding hydrogens is 214 g/mol. The third kappa shape index (κ3) is 3.46. The van der Waals surface area contributed by atoms with E-state index in [1.54, 1.807) is 0 Å². The van der Waals surface area contributed by atoms with Gasteiger partial charge < -0.3 is 14.8 Å². The second-order valence-corrected chi connectivity index (χ2v) is 4.89. The molecule has 1 heterocycles. The Morgan fingerprint density at radius 3 is 2.82 bits per heavy atom. The minimum Gasteiger partial charge on any atom is -0.496 e. The standard InChI is InChI=1S/C14H25NO2/c1-3-15-13(12-7-5-6-10-17-12)14(16-4-2)11-8-9-11/h7,11,13-15H,3-6,8-10H2,1-2H3. The first kappa shape index (κ1) is 12.9. The number of allylic oxidation sites excluding steroid dienone is 1. The molecule has 2 unspecified atom stereocenters. The first-order chi connectivity index (χ1) is 8.36. The molecule has 0 aromatic rings. The summed E-state index contributed by atoms with van der Waals surface area (Å²) in [5, 5.41) is 3.54. The van der Waals surface area contributed by atoms with Gasteiger partial charge in [0.1, 0.15) is 5.76 Å². The normalized spacial score (nSPS) is 23.8. The Morgan fingerprint density at radius 2 is 2.29 bits per heavy atom. The van der Waals surface area contributed by atoms with Crippen LogP contribution in [0.15, 0.2) is 11.8 Å². The molecule has 2 rings (SSSR count). The zero-order chi connectivity index (χ0) is 12.1. The minimum absolute atomic E-state index is 0.257. The molecule has 0 aromatic heterocycles. The fourth-order valence-electron chi connectivity index (χ4n) is 2.51. The summed E-state index contributed by atoms with van der Waals surface area (Å²) in [7, 11) is 0. The van der Waals surface area contributed by atoms with E-state index in [1.807, 2.05) is 0 Å². The molecular formula is C14H25NO2. The highest BCUT2D eigenvalue weighted by atomic mass is 16.5. The van der Waals surface area contributed by atoms with Crippen LogP contribution in [-0.2, 0) is 9.47 Å². The zero-order valence-corrected chi connectivity index (χ0v) is 11.1. The zero-order valence-electron chi connectivity index (χ0n) is 11.1. The van der Waals surface area contributed by atoms with Crippen molar-refractivity contribution in [3.05, 3.63) is 11.8 Å². The van der Waals surface area contributed by atoms with Gasteiger partial charge in [0, 0.05) is 6.61 Å². The van der Waals surface area contributed by atoms with E-state index in [-0.39, 0.29) is 6.04 Å². The number of hydrogen-bond acceptors (Lipinski definition) is 3. The molecule has 0 aromatic carbocycles. The van der Waals surface area contributed by atoms with Crippen molar-refractivity contribution in [1.29, 1.82) is 0 Å². The quantitative estimate of drug-likeness (QED) is 0.740. The van der Waals surface area contributed by atoms with Gasteiger partial charge in [-0.1, -0.05) is 6.92 Å². The average Bonchev–Trinajstić information content (AvgIpc) is 3.19. The molecule has 2 aliphatic rings. The lowest BCUT2D eigenvalue weighted by atomic mass is 10.0. The van der Waals surface area contributed by atoms with Crippen LogP contribution in [0.3, 0.4) is 0 Å². The summed E-state index contributed by atoms with van der Waals surface area (Å²) in [4.78, 5) is 0. The van der Waals surface area contributed by atoms with Crippen LogP contribution in [-0.4, -0.2) is 31.9 Å². The Hall–Kier alpha value is -0.540. The molecule has 0 amide bonds. The van der Waals surface area contributed by atoms with Crippen LogP contribution in [0, 0.1) is 5.92 Å².